The van der Waals surface area contributed by atoms with Crippen LogP contribution < -0.4 is 0 Å². The zero-order chi connectivity index (χ0) is 14.0. The predicted octanol–water partition coefficient (Wildman–Crippen LogP) is 0.606. The van der Waals surface area contributed by atoms with E-state index in [1.165, 1.54) is 0 Å². The number of carboxylic acids is 1. The zero-order valence-electron chi connectivity index (χ0n) is 11.3. The average molecular weight is 270 g/mol. The first-order valence-corrected chi connectivity index (χ1v) is 6.93. The minimum absolute atomic E-state index is 0.0790. The monoisotopic (exact) mass is 270 g/mol. The van der Waals surface area contributed by atoms with Crippen molar-refractivity contribution >= 4 is 12.0 Å². The Bertz CT molecular complexity index is 361. The van der Waals surface area contributed by atoms with Crippen LogP contribution in [0.15, 0.2) is 0 Å². The van der Waals surface area contributed by atoms with Crippen molar-refractivity contribution in [2.24, 2.45) is 11.8 Å². The molecule has 0 aromatic heterocycles. The number of carbonyl (C=O) groups excluding carboxylic acids is 1. The summed E-state index contributed by atoms with van der Waals surface area (Å²) in [4.78, 5) is 26.7. The van der Waals surface area contributed by atoms with Gasteiger partial charge in [0, 0.05) is 26.2 Å². The van der Waals surface area contributed by atoms with Gasteiger partial charge in [0.05, 0.1) is 12.0 Å². The number of nitrogens with zero attached hydrogens (tertiary/aromatic N) is 2. The van der Waals surface area contributed by atoms with Gasteiger partial charge in [-0.05, 0) is 25.2 Å². The fourth-order valence-corrected chi connectivity index (χ4v) is 2.86. The fourth-order valence-electron chi connectivity index (χ4n) is 2.86. The van der Waals surface area contributed by atoms with Crippen molar-refractivity contribution in [3.63, 3.8) is 0 Å². The highest BCUT2D eigenvalue weighted by molar-refractivity contribution is 5.76. The number of hydrogen-bond acceptors (Lipinski definition) is 3. The van der Waals surface area contributed by atoms with Crippen LogP contribution in [0.1, 0.15) is 26.2 Å². The van der Waals surface area contributed by atoms with Gasteiger partial charge in [0.1, 0.15) is 0 Å². The van der Waals surface area contributed by atoms with Crippen molar-refractivity contribution in [1.82, 2.24) is 9.80 Å². The summed E-state index contributed by atoms with van der Waals surface area (Å²) in [6.07, 6.45) is 1.66. The molecule has 19 heavy (non-hydrogen) atoms. The van der Waals surface area contributed by atoms with E-state index >= 15 is 0 Å². The number of aliphatic hydroxyl groups is 1. The quantitative estimate of drug-likeness (QED) is 0.731. The number of amides is 2. The first kappa shape index (κ1) is 14.1. The summed E-state index contributed by atoms with van der Waals surface area (Å²) in [5, 5.41) is 18.7. The summed E-state index contributed by atoms with van der Waals surface area (Å²) in [6.45, 7) is 3.98. The van der Waals surface area contributed by atoms with E-state index in [9.17, 15) is 14.7 Å². The highest BCUT2D eigenvalue weighted by Crippen LogP contribution is 2.21. The number of likely N-dealkylation sites (tertiary alicyclic amines) is 2. The van der Waals surface area contributed by atoms with Gasteiger partial charge in [0.25, 0.3) is 0 Å². The molecule has 2 N–H and O–H groups in total. The molecule has 0 aromatic carbocycles. The first-order chi connectivity index (χ1) is 8.99. The van der Waals surface area contributed by atoms with E-state index in [1.54, 1.807) is 9.80 Å². The number of carboxylic acid groups (broad SMARTS) is 1. The lowest BCUT2D eigenvalue weighted by atomic mass is 9.96. The maximum atomic E-state index is 12.4. The lowest BCUT2D eigenvalue weighted by molar-refractivity contribution is -0.143. The van der Waals surface area contributed by atoms with Crippen LogP contribution >= 0.6 is 0 Å². The molecule has 0 aliphatic carbocycles. The van der Waals surface area contributed by atoms with Gasteiger partial charge in [-0.3, -0.25) is 4.79 Å². The van der Waals surface area contributed by atoms with Gasteiger partial charge in [0.15, 0.2) is 0 Å². The van der Waals surface area contributed by atoms with E-state index in [-0.39, 0.29) is 18.1 Å². The molecule has 108 valence electrons. The number of rotatable bonds is 1. The summed E-state index contributed by atoms with van der Waals surface area (Å²) >= 11 is 0. The average Bonchev–Trinajstić information content (AvgIpc) is 2.41. The lowest BCUT2D eigenvalue weighted by Gasteiger charge is -2.39. The van der Waals surface area contributed by atoms with Crippen molar-refractivity contribution in [1.29, 1.82) is 0 Å². The normalized spacial score (nSPS) is 32.2. The minimum atomic E-state index is -0.820. The van der Waals surface area contributed by atoms with Crippen LogP contribution in [0.25, 0.3) is 0 Å². The molecule has 6 heteroatoms. The molecule has 6 nitrogen and oxygen atoms in total. The molecule has 2 rings (SSSR count). The maximum absolute atomic E-state index is 12.4. The van der Waals surface area contributed by atoms with Crippen molar-refractivity contribution in [3.05, 3.63) is 0 Å². The second-order valence-corrected chi connectivity index (χ2v) is 5.69. The molecular weight excluding hydrogens is 248 g/mol. The van der Waals surface area contributed by atoms with E-state index in [1.807, 2.05) is 6.92 Å². The molecule has 3 unspecified atom stereocenters. The van der Waals surface area contributed by atoms with Gasteiger partial charge < -0.3 is 20.0 Å². The second kappa shape index (κ2) is 5.77. The third-order valence-corrected chi connectivity index (χ3v) is 4.17. The number of hydrogen-bond donors (Lipinski definition) is 2. The number of urea groups is 1. The third-order valence-electron chi connectivity index (χ3n) is 4.17. The van der Waals surface area contributed by atoms with Gasteiger partial charge in [-0.25, -0.2) is 4.79 Å². The van der Waals surface area contributed by atoms with Gasteiger partial charge in [0.2, 0.25) is 0 Å². The molecular formula is C13H22N2O4. The van der Waals surface area contributed by atoms with Crippen molar-refractivity contribution in [2.75, 3.05) is 26.2 Å². The number of piperidine rings is 2. The van der Waals surface area contributed by atoms with Gasteiger partial charge >= 0.3 is 12.0 Å². The number of aliphatic hydroxyl groups excluding tert-OH is 1. The van der Waals surface area contributed by atoms with Gasteiger partial charge in [-0.2, -0.15) is 0 Å². The zero-order valence-corrected chi connectivity index (χ0v) is 11.3. The van der Waals surface area contributed by atoms with Crippen LogP contribution in [-0.2, 0) is 4.79 Å². The van der Waals surface area contributed by atoms with Crippen LogP contribution in [0.4, 0.5) is 4.79 Å². The highest BCUT2D eigenvalue weighted by atomic mass is 16.4. The van der Waals surface area contributed by atoms with E-state index in [0.29, 0.717) is 39.0 Å². The summed E-state index contributed by atoms with van der Waals surface area (Å²) in [7, 11) is 0. The Kier molecular flexibility index (Phi) is 4.29. The molecule has 2 heterocycles. The Labute approximate surface area is 113 Å². The summed E-state index contributed by atoms with van der Waals surface area (Å²) in [6, 6.07) is -0.0790. The van der Waals surface area contributed by atoms with Gasteiger partial charge in [-0.1, -0.05) is 6.92 Å². The van der Waals surface area contributed by atoms with Crippen LogP contribution in [0.2, 0.25) is 0 Å². The van der Waals surface area contributed by atoms with E-state index < -0.39 is 11.9 Å². The molecule has 0 aromatic rings. The minimum Gasteiger partial charge on any atom is -0.481 e. The standard InChI is InChI=1S/C13H22N2O4/c1-9-7-15(6-4-11(9)16)13(19)14-5-2-3-10(8-14)12(17)18/h9-11,16H,2-8H2,1H3,(H,17,18). The molecule has 2 aliphatic heterocycles. The number of aliphatic carboxylic acids is 1. The second-order valence-electron chi connectivity index (χ2n) is 5.69. The smallest absolute Gasteiger partial charge is 0.320 e. The van der Waals surface area contributed by atoms with Crippen LogP contribution in [0.3, 0.4) is 0 Å². The topological polar surface area (TPSA) is 81.1 Å². The molecule has 0 radical (unpaired) electrons. The van der Waals surface area contributed by atoms with Crippen LogP contribution in [-0.4, -0.2) is 64.3 Å². The molecule has 2 amide bonds. The Hall–Kier alpha value is -1.30. The van der Waals surface area contributed by atoms with E-state index in [2.05, 4.69) is 0 Å². The molecule has 0 saturated carbocycles. The molecule has 3 atom stereocenters. The Balaban J connectivity index is 1.94. The van der Waals surface area contributed by atoms with Crippen LogP contribution in [0, 0.1) is 11.8 Å². The Morgan fingerprint density at radius 3 is 2.42 bits per heavy atom. The molecule has 2 fully saturated rings. The lowest BCUT2D eigenvalue weighted by Crippen LogP contribution is -2.53. The largest absolute Gasteiger partial charge is 0.481 e. The Morgan fingerprint density at radius 2 is 1.79 bits per heavy atom. The number of carbonyl (C=O) groups is 2. The van der Waals surface area contributed by atoms with Crippen molar-refractivity contribution in [2.45, 2.75) is 32.3 Å². The van der Waals surface area contributed by atoms with E-state index in [0.717, 1.165) is 6.42 Å². The molecule has 0 spiro atoms. The molecule has 2 aliphatic rings. The predicted molar refractivity (Wildman–Crippen MR) is 68.7 cm³/mol. The first-order valence-electron chi connectivity index (χ1n) is 6.93. The summed E-state index contributed by atoms with van der Waals surface area (Å²) in [5.41, 5.74) is 0. The Morgan fingerprint density at radius 1 is 1.11 bits per heavy atom. The van der Waals surface area contributed by atoms with E-state index in [4.69, 9.17) is 5.11 Å². The SMILES string of the molecule is CC1CN(C(=O)N2CCCC(C(=O)O)C2)CCC1O. The van der Waals surface area contributed by atoms with Crippen molar-refractivity contribution < 1.29 is 19.8 Å². The van der Waals surface area contributed by atoms with Gasteiger partial charge in [-0.15, -0.1) is 0 Å². The highest BCUT2D eigenvalue weighted by Gasteiger charge is 2.33. The maximum Gasteiger partial charge on any atom is 0.320 e. The molecule has 0 bridgehead atoms. The molecule has 2 saturated heterocycles. The summed E-state index contributed by atoms with van der Waals surface area (Å²) < 4.78 is 0. The fraction of sp³-hybridized carbons (Fsp3) is 0.846. The summed E-state index contributed by atoms with van der Waals surface area (Å²) in [5.74, 6) is -1.18. The van der Waals surface area contributed by atoms with Crippen molar-refractivity contribution in [3.8, 4) is 0 Å². The third kappa shape index (κ3) is 3.18. The van der Waals surface area contributed by atoms with Crippen LogP contribution in [0.5, 0.6) is 0 Å².